The van der Waals surface area contributed by atoms with Gasteiger partial charge in [-0.1, -0.05) is 6.92 Å². The molecule has 0 amide bonds. The minimum Gasteiger partial charge on any atom is -0.289 e. The molecular formula is C22H22ClF5N4OS. The van der Waals surface area contributed by atoms with E-state index in [1.165, 1.54) is 22.4 Å². The van der Waals surface area contributed by atoms with Gasteiger partial charge in [-0.05, 0) is 50.1 Å². The fraction of sp³-hybridized carbons (Fsp3) is 0.500. The van der Waals surface area contributed by atoms with E-state index in [1.54, 1.807) is 20.0 Å². The molecule has 1 saturated carbocycles. The molecule has 0 unspecified atom stereocenters. The zero-order valence-electron chi connectivity index (χ0n) is 18.6. The molecular weight excluding hydrogens is 499 g/mol. The summed E-state index contributed by atoms with van der Waals surface area (Å²) in [6.45, 7) is 3.44. The number of hydrogen-bond acceptors (Lipinski definition) is 4. The fourth-order valence-electron chi connectivity index (χ4n) is 3.79. The molecule has 3 heterocycles. The zero-order chi connectivity index (χ0) is 25.1. The van der Waals surface area contributed by atoms with Gasteiger partial charge in [0.2, 0.25) is 0 Å². The minimum atomic E-state index is -5.79. The van der Waals surface area contributed by atoms with Crippen molar-refractivity contribution in [3.63, 3.8) is 0 Å². The molecule has 0 saturated heterocycles. The molecule has 0 atom stereocenters. The molecule has 0 aromatic carbocycles. The van der Waals surface area contributed by atoms with Crippen LogP contribution < -0.4 is 5.69 Å². The molecule has 184 valence electrons. The van der Waals surface area contributed by atoms with Crippen molar-refractivity contribution in [1.82, 2.24) is 19.1 Å². The molecule has 5 nitrogen and oxygen atoms in total. The number of fused-ring (bicyclic) bond motifs is 1. The second-order valence-electron chi connectivity index (χ2n) is 8.56. The Hall–Kier alpha value is -2.14. The van der Waals surface area contributed by atoms with Crippen LogP contribution in [0.1, 0.15) is 45.2 Å². The van der Waals surface area contributed by atoms with Crippen LogP contribution in [0.15, 0.2) is 34.2 Å². The molecule has 0 spiro atoms. The van der Waals surface area contributed by atoms with E-state index in [0.29, 0.717) is 16.0 Å². The number of hydrogen-bond donors (Lipinski definition) is 0. The maximum Gasteiger partial charge on any atom is 0.455 e. The molecule has 0 radical (unpaired) electrons. The first-order chi connectivity index (χ1) is 15.8. The lowest BCUT2D eigenvalue weighted by Crippen LogP contribution is -2.43. The minimum absolute atomic E-state index is 0.106. The number of halogens is 6. The summed E-state index contributed by atoms with van der Waals surface area (Å²) in [4.78, 5) is 22.1. The van der Waals surface area contributed by atoms with Gasteiger partial charge >= 0.3 is 17.8 Å². The van der Waals surface area contributed by atoms with Crippen molar-refractivity contribution >= 4 is 34.4 Å². The molecule has 1 fully saturated rings. The number of alkyl halides is 6. The number of pyridine rings is 2. The number of rotatable bonds is 7. The van der Waals surface area contributed by atoms with Crippen molar-refractivity contribution in [1.29, 1.82) is 0 Å². The van der Waals surface area contributed by atoms with E-state index >= 15 is 0 Å². The summed E-state index contributed by atoms with van der Waals surface area (Å²) in [5.74, 6) is -4.33. The highest BCUT2D eigenvalue weighted by Gasteiger charge is 2.58. The summed E-state index contributed by atoms with van der Waals surface area (Å²) in [5, 5.41) is 0. The third-order valence-corrected chi connectivity index (χ3v) is 7.25. The van der Waals surface area contributed by atoms with E-state index in [-0.39, 0.29) is 11.0 Å². The molecule has 3 aromatic rings. The normalized spacial score (nSPS) is 15.9. The molecule has 3 aromatic heterocycles. The van der Waals surface area contributed by atoms with Gasteiger partial charge in [0.1, 0.15) is 12.2 Å². The lowest BCUT2D eigenvalue weighted by Gasteiger charge is -2.19. The Morgan fingerprint density at radius 3 is 2.35 bits per heavy atom. The molecule has 0 bridgehead atoms. The van der Waals surface area contributed by atoms with E-state index in [2.05, 4.69) is 9.97 Å². The molecule has 1 aliphatic carbocycles. The van der Waals surface area contributed by atoms with Crippen LogP contribution in [0.25, 0.3) is 22.4 Å². The largest absolute Gasteiger partial charge is 0.455 e. The van der Waals surface area contributed by atoms with Gasteiger partial charge < -0.3 is 0 Å². The summed E-state index contributed by atoms with van der Waals surface area (Å²) in [5.41, 5.74) is 0.938. The number of imidazole rings is 1. The number of nitrogens with zero attached hydrogens (tertiary/aromatic N) is 4. The second kappa shape index (κ2) is 8.51. The highest BCUT2D eigenvalue weighted by molar-refractivity contribution is 7.99. The summed E-state index contributed by atoms with van der Waals surface area (Å²) in [6, 6.07) is 2.97. The highest BCUT2D eigenvalue weighted by Crippen LogP contribution is 2.52. The molecule has 4 rings (SSSR count). The van der Waals surface area contributed by atoms with Crippen molar-refractivity contribution in [2.45, 2.75) is 68.1 Å². The SMILES string of the molecule is CCSc1cc(C2(Cl)CC2)cnc1-c1cc2c(cn1)n(CC(F)(F)C(F)(F)F)c(=O)n2C(C)C. The summed E-state index contributed by atoms with van der Waals surface area (Å²) in [7, 11) is 0. The van der Waals surface area contributed by atoms with Gasteiger partial charge in [0, 0.05) is 17.1 Å². The standard InChI is InChI=1S/C22H22ClF5N4OS/c1-4-34-17-7-13(20(23)5-6-20)9-30-18(17)14-8-15-16(10-29-14)31(19(33)32(15)12(2)3)11-21(24,25)22(26,27)28/h7-10,12H,4-6,11H2,1-3H3. The topological polar surface area (TPSA) is 52.7 Å². The zero-order valence-corrected chi connectivity index (χ0v) is 20.2. The van der Waals surface area contributed by atoms with Crippen LogP contribution >= 0.6 is 23.4 Å². The van der Waals surface area contributed by atoms with Gasteiger partial charge in [-0.2, -0.15) is 22.0 Å². The van der Waals surface area contributed by atoms with Crippen LogP contribution in [0.2, 0.25) is 0 Å². The van der Waals surface area contributed by atoms with E-state index in [1.807, 2.05) is 13.0 Å². The van der Waals surface area contributed by atoms with E-state index in [0.717, 1.165) is 35.3 Å². The van der Waals surface area contributed by atoms with Crippen molar-refractivity contribution < 1.29 is 22.0 Å². The van der Waals surface area contributed by atoms with Gasteiger partial charge in [-0.15, -0.1) is 23.4 Å². The van der Waals surface area contributed by atoms with Crippen molar-refractivity contribution in [2.75, 3.05) is 5.75 Å². The number of aromatic nitrogens is 4. The van der Waals surface area contributed by atoms with Gasteiger partial charge in [-0.3, -0.25) is 19.1 Å². The van der Waals surface area contributed by atoms with Gasteiger partial charge in [0.25, 0.3) is 0 Å². The lowest BCUT2D eigenvalue weighted by molar-refractivity contribution is -0.286. The van der Waals surface area contributed by atoms with Gasteiger partial charge in [-0.25, -0.2) is 4.79 Å². The van der Waals surface area contributed by atoms with Crippen molar-refractivity contribution in [2.24, 2.45) is 0 Å². The van der Waals surface area contributed by atoms with Crippen LogP contribution in [0.5, 0.6) is 0 Å². The van der Waals surface area contributed by atoms with E-state index < -0.39 is 35.2 Å². The third kappa shape index (κ3) is 4.32. The molecule has 1 aliphatic rings. The smallest absolute Gasteiger partial charge is 0.289 e. The summed E-state index contributed by atoms with van der Waals surface area (Å²) in [6.07, 6.45) is -1.26. The average Bonchev–Trinajstić information content (AvgIpc) is 3.43. The molecule has 12 heteroatoms. The second-order valence-corrected chi connectivity index (χ2v) is 10.6. The van der Waals surface area contributed by atoms with E-state index in [9.17, 15) is 26.7 Å². The van der Waals surface area contributed by atoms with Gasteiger partial charge in [0.05, 0.1) is 27.8 Å². The van der Waals surface area contributed by atoms with Gasteiger partial charge in [0.15, 0.2) is 0 Å². The third-order valence-electron chi connectivity index (χ3n) is 5.74. The Bertz CT molecular complexity index is 1300. The quantitative estimate of drug-likeness (QED) is 0.206. The maximum atomic E-state index is 13.8. The first-order valence-electron chi connectivity index (χ1n) is 10.7. The summed E-state index contributed by atoms with van der Waals surface area (Å²) >= 11 is 8.06. The van der Waals surface area contributed by atoms with Crippen LogP contribution in [0, 0.1) is 0 Å². The maximum absolute atomic E-state index is 13.8. The lowest BCUT2D eigenvalue weighted by atomic mass is 10.1. The first-order valence-corrected chi connectivity index (χ1v) is 12.0. The van der Waals surface area contributed by atoms with Crippen molar-refractivity contribution in [3.05, 3.63) is 40.6 Å². The van der Waals surface area contributed by atoms with E-state index in [4.69, 9.17) is 11.6 Å². The molecule has 0 aliphatic heterocycles. The predicted molar refractivity (Wildman–Crippen MR) is 122 cm³/mol. The average molecular weight is 521 g/mol. The summed E-state index contributed by atoms with van der Waals surface area (Å²) < 4.78 is 67.8. The highest BCUT2D eigenvalue weighted by atomic mass is 35.5. The van der Waals surface area contributed by atoms with Crippen LogP contribution in [-0.2, 0) is 11.4 Å². The fourth-order valence-corrected chi connectivity index (χ4v) is 4.80. The van der Waals surface area contributed by atoms with Crippen LogP contribution in [0.4, 0.5) is 22.0 Å². The molecule has 34 heavy (non-hydrogen) atoms. The Balaban J connectivity index is 1.87. The Morgan fingerprint density at radius 1 is 1.12 bits per heavy atom. The molecule has 0 N–H and O–H groups in total. The Morgan fingerprint density at radius 2 is 1.79 bits per heavy atom. The number of thioether (sulfide) groups is 1. The van der Waals surface area contributed by atoms with Crippen molar-refractivity contribution in [3.8, 4) is 11.4 Å². The Labute approximate surface area is 201 Å². The van der Waals surface area contributed by atoms with Crippen LogP contribution in [-0.4, -0.2) is 37.0 Å². The first kappa shape index (κ1) is 25.0. The monoisotopic (exact) mass is 520 g/mol. The predicted octanol–water partition coefficient (Wildman–Crippen LogP) is 6.38. The van der Waals surface area contributed by atoms with Crippen LogP contribution in [0.3, 0.4) is 0 Å². The Kier molecular flexibility index (Phi) is 6.25.